The van der Waals surface area contributed by atoms with E-state index in [1.165, 1.54) is 0 Å². The summed E-state index contributed by atoms with van der Waals surface area (Å²) in [6, 6.07) is 23.0. The number of carbonyl (C=O) groups excluding carboxylic acids is 3. The van der Waals surface area contributed by atoms with Gasteiger partial charge in [-0.05, 0) is 48.9 Å². The second-order valence-corrected chi connectivity index (χ2v) is 8.23. The van der Waals surface area contributed by atoms with Crippen LogP contribution in [0, 0.1) is 0 Å². The van der Waals surface area contributed by atoms with Crippen molar-refractivity contribution in [3.8, 4) is 5.75 Å². The van der Waals surface area contributed by atoms with Gasteiger partial charge >= 0.3 is 0 Å². The summed E-state index contributed by atoms with van der Waals surface area (Å²) >= 11 is 0. The zero-order chi connectivity index (χ0) is 23.2. The summed E-state index contributed by atoms with van der Waals surface area (Å²) in [5.41, 5.74) is 0.919. The average Bonchev–Trinajstić information content (AvgIpc) is 3.12. The molecule has 6 heteroatoms. The minimum absolute atomic E-state index is 0.315. The van der Waals surface area contributed by atoms with Crippen molar-refractivity contribution in [1.29, 1.82) is 0 Å². The number of methoxy groups -OCH3 is 1. The average molecular weight is 438 g/mol. The lowest BCUT2D eigenvalue weighted by molar-refractivity contribution is -0.136. The molecule has 0 bridgehead atoms. The van der Waals surface area contributed by atoms with Crippen LogP contribution in [0.3, 0.4) is 0 Å². The molecule has 164 valence electrons. The normalized spacial score (nSPS) is 22.0. The second kappa shape index (κ2) is 7.74. The molecule has 0 saturated carbocycles. The number of amides is 3. The lowest BCUT2D eigenvalue weighted by atomic mass is 9.77. The molecule has 2 aliphatic rings. The predicted molar refractivity (Wildman–Crippen MR) is 125 cm³/mol. The summed E-state index contributed by atoms with van der Waals surface area (Å²) < 4.78 is 5.23. The molecule has 2 aliphatic heterocycles. The molecule has 0 aliphatic carbocycles. The van der Waals surface area contributed by atoms with E-state index in [4.69, 9.17) is 4.74 Å². The molecule has 2 atom stereocenters. The lowest BCUT2D eigenvalue weighted by Gasteiger charge is -2.56. The monoisotopic (exact) mass is 438 g/mol. The molecule has 2 heterocycles. The lowest BCUT2D eigenvalue weighted by Crippen LogP contribution is -2.79. The highest BCUT2D eigenvalue weighted by atomic mass is 16.5. The van der Waals surface area contributed by atoms with Gasteiger partial charge in [-0.3, -0.25) is 19.3 Å². The van der Waals surface area contributed by atoms with Crippen LogP contribution in [0.25, 0.3) is 6.08 Å². The highest BCUT2D eigenvalue weighted by Gasteiger charge is 2.65. The first-order valence-electron chi connectivity index (χ1n) is 10.7. The molecule has 3 amide bonds. The van der Waals surface area contributed by atoms with Crippen molar-refractivity contribution >= 4 is 29.5 Å². The van der Waals surface area contributed by atoms with E-state index in [0.717, 1.165) is 10.5 Å². The number of hydrogen-bond donors (Lipinski definition) is 0. The van der Waals surface area contributed by atoms with Gasteiger partial charge in [0, 0.05) is 5.69 Å². The molecule has 3 aromatic carbocycles. The number of benzene rings is 3. The van der Waals surface area contributed by atoms with Crippen LogP contribution in [0.15, 0.2) is 84.9 Å². The van der Waals surface area contributed by atoms with Gasteiger partial charge in [-0.1, -0.05) is 54.6 Å². The Balaban J connectivity index is 1.57. The van der Waals surface area contributed by atoms with Crippen LogP contribution in [-0.4, -0.2) is 41.3 Å². The first-order chi connectivity index (χ1) is 16.0. The SMILES string of the molecule is COc1ccc(N2C(=O)[C@@](C)(N3C(=O)c4ccccc4C3=O)[C@H]2/C=C/c2ccccc2)cc1. The third-order valence-electron chi connectivity index (χ3n) is 6.39. The van der Waals surface area contributed by atoms with Crippen molar-refractivity contribution in [1.82, 2.24) is 4.90 Å². The van der Waals surface area contributed by atoms with Crippen molar-refractivity contribution in [2.45, 2.75) is 18.5 Å². The quantitative estimate of drug-likeness (QED) is 0.443. The zero-order valence-electron chi connectivity index (χ0n) is 18.3. The molecule has 33 heavy (non-hydrogen) atoms. The van der Waals surface area contributed by atoms with Crippen molar-refractivity contribution in [3.05, 3.63) is 102 Å². The Morgan fingerprint density at radius 2 is 1.39 bits per heavy atom. The van der Waals surface area contributed by atoms with E-state index >= 15 is 0 Å². The van der Waals surface area contributed by atoms with Gasteiger partial charge in [-0.15, -0.1) is 0 Å². The summed E-state index contributed by atoms with van der Waals surface area (Å²) in [7, 11) is 1.58. The molecule has 5 rings (SSSR count). The molecular weight excluding hydrogens is 416 g/mol. The number of hydrogen-bond acceptors (Lipinski definition) is 4. The Kier molecular flexibility index (Phi) is 4.86. The minimum Gasteiger partial charge on any atom is -0.497 e. The molecule has 0 unspecified atom stereocenters. The van der Waals surface area contributed by atoms with Crippen LogP contribution in [0.4, 0.5) is 5.69 Å². The van der Waals surface area contributed by atoms with Crippen LogP contribution in [-0.2, 0) is 4.79 Å². The van der Waals surface area contributed by atoms with E-state index in [1.807, 2.05) is 42.5 Å². The van der Waals surface area contributed by atoms with E-state index in [0.29, 0.717) is 22.6 Å². The summed E-state index contributed by atoms with van der Waals surface area (Å²) in [5, 5.41) is 0. The van der Waals surface area contributed by atoms with Crippen LogP contribution in [0.1, 0.15) is 33.2 Å². The zero-order valence-corrected chi connectivity index (χ0v) is 18.3. The van der Waals surface area contributed by atoms with E-state index in [2.05, 4.69) is 0 Å². The van der Waals surface area contributed by atoms with Gasteiger partial charge < -0.3 is 9.64 Å². The first kappa shape index (κ1) is 20.7. The third kappa shape index (κ3) is 3.06. The summed E-state index contributed by atoms with van der Waals surface area (Å²) in [5.74, 6) is -0.533. The maximum Gasteiger partial charge on any atom is 0.262 e. The van der Waals surface area contributed by atoms with Crippen LogP contribution in [0.5, 0.6) is 5.75 Å². The van der Waals surface area contributed by atoms with E-state index < -0.39 is 23.4 Å². The molecule has 0 radical (unpaired) electrons. The Hall–Kier alpha value is -4.19. The second-order valence-electron chi connectivity index (χ2n) is 8.23. The number of nitrogens with zero attached hydrogens (tertiary/aromatic N) is 2. The number of fused-ring (bicyclic) bond motifs is 1. The van der Waals surface area contributed by atoms with E-state index in [9.17, 15) is 14.4 Å². The number of carbonyl (C=O) groups is 3. The highest BCUT2D eigenvalue weighted by molar-refractivity contribution is 6.26. The maximum absolute atomic E-state index is 13.6. The summed E-state index contributed by atoms with van der Waals surface area (Å²) in [4.78, 5) is 42.8. The van der Waals surface area contributed by atoms with Gasteiger partial charge in [0.1, 0.15) is 5.75 Å². The molecule has 1 saturated heterocycles. The molecule has 1 fully saturated rings. The van der Waals surface area contributed by atoms with Crippen LogP contribution < -0.4 is 9.64 Å². The largest absolute Gasteiger partial charge is 0.497 e. The summed E-state index contributed by atoms with van der Waals surface area (Å²) in [6.07, 6.45) is 3.79. The number of rotatable bonds is 5. The van der Waals surface area contributed by atoms with Crippen LogP contribution >= 0.6 is 0 Å². The maximum atomic E-state index is 13.6. The molecule has 0 aromatic heterocycles. The van der Waals surface area contributed by atoms with Crippen molar-refractivity contribution in [3.63, 3.8) is 0 Å². The van der Waals surface area contributed by atoms with E-state index in [-0.39, 0.29) is 5.91 Å². The highest BCUT2D eigenvalue weighted by Crippen LogP contribution is 2.44. The molecular formula is C27H22N2O4. The molecule has 0 N–H and O–H groups in total. The fourth-order valence-corrected chi connectivity index (χ4v) is 4.58. The van der Waals surface area contributed by atoms with Gasteiger partial charge in [0.2, 0.25) is 0 Å². The summed E-state index contributed by atoms with van der Waals surface area (Å²) in [6.45, 7) is 1.66. The standard InChI is InChI=1S/C27H22N2O4/c1-27(29-24(30)21-10-6-7-11-22(21)25(29)31)23(17-12-18-8-4-3-5-9-18)28(26(27)32)19-13-15-20(33-2)16-14-19/h3-17,23H,1-2H3/b17-12+/t23-,27+/m1/s1. The Morgan fingerprint density at radius 3 is 1.97 bits per heavy atom. The first-order valence-corrected chi connectivity index (χ1v) is 10.7. The Labute approximate surface area is 191 Å². The van der Waals surface area contributed by atoms with Crippen molar-refractivity contribution in [2.75, 3.05) is 12.0 Å². The molecule has 6 nitrogen and oxygen atoms in total. The topological polar surface area (TPSA) is 66.9 Å². The third-order valence-corrected chi connectivity index (χ3v) is 6.39. The number of anilines is 1. The van der Waals surface area contributed by atoms with Gasteiger partial charge in [0.05, 0.1) is 24.3 Å². The van der Waals surface area contributed by atoms with Gasteiger partial charge in [0.25, 0.3) is 17.7 Å². The van der Waals surface area contributed by atoms with Gasteiger partial charge in [0.15, 0.2) is 5.54 Å². The predicted octanol–water partition coefficient (Wildman–Crippen LogP) is 4.18. The van der Waals surface area contributed by atoms with Crippen molar-refractivity contribution < 1.29 is 19.1 Å². The van der Waals surface area contributed by atoms with Gasteiger partial charge in [-0.25, -0.2) is 0 Å². The molecule has 3 aromatic rings. The van der Waals surface area contributed by atoms with Crippen molar-refractivity contribution in [2.24, 2.45) is 0 Å². The van der Waals surface area contributed by atoms with Gasteiger partial charge in [-0.2, -0.15) is 0 Å². The minimum atomic E-state index is -1.35. The van der Waals surface area contributed by atoms with Crippen LogP contribution in [0.2, 0.25) is 0 Å². The fraction of sp³-hybridized carbons (Fsp3) is 0.148. The fourth-order valence-electron chi connectivity index (χ4n) is 4.58. The number of imide groups is 1. The Bertz CT molecular complexity index is 1250. The molecule has 0 spiro atoms. The number of ether oxygens (including phenoxy) is 1. The smallest absolute Gasteiger partial charge is 0.262 e. The Morgan fingerprint density at radius 1 is 0.818 bits per heavy atom. The number of β-lactam (4-membered cyclic amide) rings is 1. The van der Waals surface area contributed by atoms with E-state index in [1.54, 1.807) is 67.5 Å².